The van der Waals surface area contributed by atoms with Crippen molar-refractivity contribution >= 4 is 19.5 Å². The molecule has 0 radical (unpaired) electrons. The van der Waals surface area contributed by atoms with Gasteiger partial charge in [0, 0.05) is 10.6 Å². The Morgan fingerprint density at radius 2 is 2.31 bits per heavy atom. The van der Waals surface area contributed by atoms with E-state index >= 15 is 0 Å². The minimum absolute atomic E-state index is 0.0797. The summed E-state index contributed by atoms with van der Waals surface area (Å²) >= 11 is 5.67. The number of hydrogen-bond donors (Lipinski definition) is 0. The van der Waals surface area contributed by atoms with E-state index in [1.54, 1.807) is 6.07 Å². The molecule has 13 heavy (non-hydrogen) atoms. The van der Waals surface area contributed by atoms with Gasteiger partial charge in [0.25, 0.3) is 0 Å². The lowest BCUT2D eigenvalue weighted by atomic mass is 10.2. The second-order valence-electron chi connectivity index (χ2n) is 2.55. The highest BCUT2D eigenvalue weighted by Crippen LogP contribution is 2.54. The number of halogens is 2. The molecule has 0 fully saturated rings. The zero-order valence-corrected chi connectivity index (χ0v) is 8.02. The van der Waals surface area contributed by atoms with E-state index in [1.165, 1.54) is 12.1 Å². The normalized spacial score (nSPS) is 26.3. The summed E-state index contributed by atoms with van der Waals surface area (Å²) in [4.78, 5) is 0. The van der Waals surface area contributed by atoms with Crippen molar-refractivity contribution in [2.24, 2.45) is 0 Å². The predicted octanol–water partition coefficient (Wildman–Crippen LogP) is 3.33. The third-order valence-electron chi connectivity index (χ3n) is 1.60. The van der Waals surface area contributed by atoms with Gasteiger partial charge in [0.2, 0.25) is 0 Å². The Balaban J connectivity index is 2.43. The molecule has 1 aromatic carbocycles. The van der Waals surface area contributed by atoms with Crippen LogP contribution in [-0.4, -0.2) is 0 Å². The van der Waals surface area contributed by atoms with Crippen LogP contribution in [0.1, 0.15) is 5.56 Å². The van der Waals surface area contributed by atoms with E-state index in [9.17, 15) is 8.76 Å². The molecule has 6 heteroatoms. The van der Waals surface area contributed by atoms with E-state index in [4.69, 9.17) is 11.6 Å². The maximum Gasteiger partial charge on any atom is 0.570 e. The van der Waals surface area contributed by atoms with Gasteiger partial charge in [-0.3, -0.25) is 4.52 Å². The molecule has 1 atom stereocenters. The van der Waals surface area contributed by atoms with Crippen molar-refractivity contribution in [3.05, 3.63) is 28.8 Å². The smallest absolute Gasteiger partial charge is 0.401 e. The van der Waals surface area contributed by atoms with Crippen LogP contribution < -0.4 is 4.52 Å². The molecule has 1 heterocycles. The van der Waals surface area contributed by atoms with Crippen LogP contribution in [0.15, 0.2) is 18.2 Å². The van der Waals surface area contributed by atoms with Gasteiger partial charge in [-0.05, 0) is 18.2 Å². The van der Waals surface area contributed by atoms with Gasteiger partial charge >= 0.3 is 7.91 Å². The molecule has 0 aliphatic carbocycles. The second-order valence-corrected chi connectivity index (χ2v) is 4.29. The van der Waals surface area contributed by atoms with Crippen molar-refractivity contribution in [3.8, 4) is 5.75 Å². The van der Waals surface area contributed by atoms with Gasteiger partial charge in [0.15, 0.2) is 0 Å². The van der Waals surface area contributed by atoms with Gasteiger partial charge in [0.1, 0.15) is 5.75 Å². The van der Waals surface area contributed by atoms with Crippen molar-refractivity contribution < 1.29 is 17.8 Å². The summed E-state index contributed by atoms with van der Waals surface area (Å²) in [5.74, 6) is 0.224. The summed E-state index contributed by atoms with van der Waals surface area (Å²) in [5.41, 5.74) is 0.594. The first-order valence-corrected chi connectivity index (χ1v) is 5.30. The number of hydrogen-bond acceptors (Lipinski definition) is 3. The molecule has 2 rings (SSSR count). The number of benzene rings is 1. The van der Waals surface area contributed by atoms with Gasteiger partial charge in [-0.25, -0.2) is 4.57 Å². The Kier molecular flexibility index (Phi) is 2.06. The summed E-state index contributed by atoms with van der Waals surface area (Å²) in [6, 6.07) is 4.58. The van der Waals surface area contributed by atoms with Crippen LogP contribution in [0.3, 0.4) is 0 Å². The first kappa shape index (κ1) is 9.00. The lowest BCUT2D eigenvalue weighted by Gasteiger charge is -2.19. The molecule has 0 amide bonds. The van der Waals surface area contributed by atoms with Crippen LogP contribution in [-0.2, 0) is 15.7 Å². The number of rotatable bonds is 0. The average molecular weight is 223 g/mol. The molecule has 70 valence electrons. The van der Waals surface area contributed by atoms with E-state index in [0.29, 0.717) is 10.6 Å². The lowest BCUT2D eigenvalue weighted by molar-refractivity contribution is 0.202. The summed E-state index contributed by atoms with van der Waals surface area (Å²) in [7, 11) is -4.38. The van der Waals surface area contributed by atoms with Gasteiger partial charge in [0.05, 0.1) is 6.61 Å². The molecule has 1 aliphatic rings. The van der Waals surface area contributed by atoms with E-state index in [2.05, 4.69) is 9.05 Å². The van der Waals surface area contributed by atoms with Crippen molar-refractivity contribution in [1.29, 1.82) is 0 Å². The molecule has 0 bridgehead atoms. The topological polar surface area (TPSA) is 35.5 Å². The first-order chi connectivity index (χ1) is 6.07. The van der Waals surface area contributed by atoms with Gasteiger partial charge < -0.3 is 4.52 Å². The highest BCUT2D eigenvalue weighted by Gasteiger charge is 2.32. The van der Waals surface area contributed by atoms with Crippen molar-refractivity contribution in [2.75, 3.05) is 0 Å². The highest BCUT2D eigenvalue weighted by atomic mass is 35.5. The fraction of sp³-hybridized carbons (Fsp3) is 0.143. The molecular weight excluding hydrogens is 217 g/mol. The van der Waals surface area contributed by atoms with E-state index in [1.807, 2.05) is 0 Å². The molecular formula is C7H5ClFO3P. The standard InChI is InChI=1S/C7H5ClFO3P/c8-6-1-2-7-5(3-6)4-11-13(9,10)12-7/h1-3H,4H2. The minimum Gasteiger partial charge on any atom is -0.401 e. The summed E-state index contributed by atoms with van der Waals surface area (Å²) in [6.45, 7) is -0.0797. The average Bonchev–Trinajstić information content (AvgIpc) is 2.05. The van der Waals surface area contributed by atoms with Crippen molar-refractivity contribution in [1.82, 2.24) is 0 Å². The minimum atomic E-state index is -4.38. The SMILES string of the molecule is O=P1(F)OCc2cc(Cl)ccc2O1. The molecule has 3 nitrogen and oxygen atoms in total. The third kappa shape index (κ3) is 1.85. The largest absolute Gasteiger partial charge is 0.570 e. The summed E-state index contributed by atoms with van der Waals surface area (Å²) in [6.07, 6.45) is 0. The quantitative estimate of drug-likeness (QED) is 0.632. The number of fused-ring (bicyclic) bond motifs is 1. The third-order valence-corrected chi connectivity index (χ3v) is 2.69. The van der Waals surface area contributed by atoms with E-state index in [-0.39, 0.29) is 12.4 Å². The Morgan fingerprint density at radius 3 is 3.08 bits per heavy atom. The van der Waals surface area contributed by atoms with Gasteiger partial charge in [-0.2, -0.15) is 0 Å². The fourth-order valence-corrected chi connectivity index (χ4v) is 1.99. The Labute approximate surface area is 79.1 Å². The summed E-state index contributed by atoms with van der Waals surface area (Å²) in [5, 5.41) is 0.501. The Morgan fingerprint density at radius 1 is 1.54 bits per heavy atom. The zero-order valence-electron chi connectivity index (χ0n) is 6.37. The van der Waals surface area contributed by atoms with Crippen LogP contribution in [0, 0.1) is 0 Å². The molecule has 1 unspecified atom stereocenters. The predicted molar refractivity (Wildman–Crippen MR) is 45.6 cm³/mol. The molecule has 0 aromatic heterocycles. The van der Waals surface area contributed by atoms with Crippen molar-refractivity contribution in [2.45, 2.75) is 6.61 Å². The molecule has 0 N–H and O–H groups in total. The lowest BCUT2D eigenvalue weighted by Crippen LogP contribution is -2.03. The zero-order chi connectivity index (χ0) is 9.47. The van der Waals surface area contributed by atoms with E-state index in [0.717, 1.165) is 0 Å². The maximum absolute atomic E-state index is 12.7. The van der Waals surface area contributed by atoms with Gasteiger partial charge in [-0.15, -0.1) is 4.20 Å². The molecule has 0 saturated carbocycles. The van der Waals surface area contributed by atoms with Crippen LogP contribution in [0.4, 0.5) is 4.20 Å². The van der Waals surface area contributed by atoms with Crippen LogP contribution >= 0.6 is 19.5 Å². The highest BCUT2D eigenvalue weighted by molar-refractivity contribution is 7.48. The molecule has 0 spiro atoms. The molecule has 1 aliphatic heterocycles. The van der Waals surface area contributed by atoms with Crippen LogP contribution in [0.25, 0.3) is 0 Å². The Hall–Kier alpha value is -0.570. The van der Waals surface area contributed by atoms with Crippen LogP contribution in [0.5, 0.6) is 5.75 Å². The first-order valence-electron chi connectivity index (χ1n) is 3.49. The van der Waals surface area contributed by atoms with Gasteiger partial charge in [-0.1, -0.05) is 11.6 Å². The molecule has 1 aromatic rings. The fourth-order valence-electron chi connectivity index (χ4n) is 1.04. The Bertz CT molecular complexity index is 395. The maximum atomic E-state index is 12.7. The second kappa shape index (κ2) is 2.98. The van der Waals surface area contributed by atoms with Crippen LogP contribution in [0.2, 0.25) is 5.02 Å². The summed E-state index contributed by atoms with van der Waals surface area (Å²) < 4.78 is 32.3. The van der Waals surface area contributed by atoms with Crippen molar-refractivity contribution in [3.63, 3.8) is 0 Å². The van der Waals surface area contributed by atoms with E-state index < -0.39 is 7.91 Å². The molecule has 0 saturated heterocycles. The monoisotopic (exact) mass is 222 g/mol.